The van der Waals surface area contributed by atoms with Crippen LogP contribution in [0.1, 0.15) is 50.2 Å². The van der Waals surface area contributed by atoms with Crippen LogP contribution in [-0.4, -0.2) is 82.1 Å². The molecule has 21 nitrogen and oxygen atoms in total. The molecule has 6 rings (SSSR count). The van der Waals surface area contributed by atoms with E-state index in [1.807, 2.05) is 0 Å². The highest BCUT2D eigenvalue weighted by Gasteiger charge is 2.24. The van der Waals surface area contributed by atoms with Crippen molar-refractivity contribution in [2.45, 2.75) is 38.5 Å². The molecule has 0 aliphatic heterocycles. The Morgan fingerprint density at radius 3 is 1.78 bits per heavy atom. The number of benzene rings is 4. The maximum absolute atomic E-state index is 12.7. The Morgan fingerprint density at radius 2 is 1.25 bits per heavy atom. The average molecular weight is 934 g/mol. The van der Waals surface area contributed by atoms with Crippen LogP contribution in [0.5, 0.6) is 17.4 Å². The lowest BCUT2D eigenvalue weighted by Gasteiger charge is -2.13. The lowest BCUT2D eigenvalue weighted by atomic mass is 10.1. The first-order valence-electron chi connectivity index (χ1n) is 18.9. The van der Waals surface area contributed by atoms with E-state index in [9.17, 15) is 45.7 Å². The maximum Gasteiger partial charge on any atom is 0.338 e. The van der Waals surface area contributed by atoms with Gasteiger partial charge < -0.3 is 25.4 Å². The molecule has 0 spiro atoms. The molecule has 0 atom stereocenters. The first-order valence-corrected chi connectivity index (χ1v) is 22.6. The minimum atomic E-state index is -4.31. The van der Waals surface area contributed by atoms with Gasteiger partial charge in [0.15, 0.2) is 5.65 Å². The van der Waals surface area contributed by atoms with Gasteiger partial charge in [-0.3, -0.25) is 18.3 Å². The highest BCUT2D eigenvalue weighted by molar-refractivity contribution is 7.86. The number of carbonyl (C=O) groups is 2. The quantitative estimate of drug-likeness (QED) is 0.0203. The SMILES string of the molecule is Cc1cc(/N=N\c2c(C)c(C(N)=O)c3nc4ccccc4n3c2O)c(OCCCS(=O)(=O)O)cc1N=Nc1cc(C)c(/N=N\c2ccc(S)cc2C(=O)O)cc1OCCCS(=O)(=O)O. The molecule has 64 heavy (non-hydrogen) atoms. The van der Waals surface area contributed by atoms with Gasteiger partial charge in [-0.1, -0.05) is 12.1 Å². The van der Waals surface area contributed by atoms with Gasteiger partial charge >= 0.3 is 5.97 Å². The molecule has 24 heteroatoms. The molecule has 6 N–H and O–H groups in total. The molecule has 0 fully saturated rings. The summed E-state index contributed by atoms with van der Waals surface area (Å²) in [5.74, 6) is -3.54. The van der Waals surface area contributed by atoms with Crippen molar-refractivity contribution >= 4 is 95.5 Å². The largest absolute Gasteiger partial charge is 0.493 e. The number of nitrogens with zero attached hydrogens (tertiary/aromatic N) is 8. The molecule has 0 radical (unpaired) electrons. The standard InChI is InChI=1S/C40H39N9O12S3/c1-21-16-30(33(60-12-6-14-63(54,55)56)19-28(21)44-43-26-11-10-24(62)18-25(26)40(52)53)46-45-29-20-34(61-13-7-15-64(57,58)59)31(17-22(29)2)47-48-36-23(3)35(37(41)50)38-42-27-8-4-5-9-32(27)49(38)39(36)51/h4-5,8-11,16-20,51,62H,6-7,12-15H2,1-3H3,(H2,41,50)(H,52,53)(H,54,55,56)(H,57,58,59)/b44-43-,46-45?,48-47-. The summed E-state index contributed by atoms with van der Waals surface area (Å²) in [7, 11) is -8.60. The third-order valence-corrected chi connectivity index (χ3v) is 11.2. The highest BCUT2D eigenvalue weighted by Crippen LogP contribution is 2.42. The summed E-state index contributed by atoms with van der Waals surface area (Å²) in [6, 6.07) is 17.1. The first kappa shape index (κ1) is 46.6. The molecule has 2 heterocycles. The predicted molar refractivity (Wildman–Crippen MR) is 236 cm³/mol. The second-order valence-electron chi connectivity index (χ2n) is 14.1. The van der Waals surface area contributed by atoms with Crippen LogP contribution in [0.15, 0.2) is 102 Å². The zero-order valence-electron chi connectivity index (χ0n) is 34.1. The van der Waals surface area contributed by atoms with Gasteiger partial charge in [0.25, 0.3) is 26.1 Å². The van der Waals surface area contributed by atoms with Crippen molar-refractivity contribution in [2.75, 3.05) is 24.7 Å². The van der Waals surface area contributed by atoms with Gasteiger partial charge in [-0.05, 0) is 92.8 Å². The van der Waals surface area contributed by atoms with E-state index in [0.29, 0.717) is 27.1 Å². The van der Waals surface area contributed by atoms with Crippen LogP contribution >= 0.6 is 12.6 Å². The fourth-order valence-corrected chi connectivity index (χ4v) is 7.43. The number of aromatic hydroxyl groups is 1. The fourth-order valence-electron chi connectivity index (χ4n) is 6.26. The molecule has 0 aliphatic carbocycles. The Balaban J connectivity index is 1.40. The average Bonchev–Trinajstić information content (AvgIpc) is 3.59. The molecule has 4 aromatic carbocycles. The molecule has 0 unspecified atom stereocenters. The third kappa shape index (κ3) is 11.2. The Kier molecular flexibility index (Phi) is 14.0. The summed E-state index contributed by atoms with van der Waals surface area (Å²) >= 11 is 4.19. The molecule has 1 amide bonds. The second kappa shape index (κ2) is 19.3. The van der Waals surface area contributed by atoms with Crippen LogP contribution in [0.2, 0.25) is 0 Å². The molecular weight excluding hydrogens is 895 g/mol. The van der Waals surface area contributed by atoms with Crippen LogP contribution in [0.25, 0.3) is 16.7 Å². The Labute approximate surface area is 370 Å². The molecule has 334 valence electrons. The molecule has 6 aromatic rings. The normalized spacial score (nSPS) is 12.3. The number of hydrogen-bond donors (Lipinski definition) is 6. The molecule has 0 aliphatic rings. The Morgan fingerprint density at radius 1 is 0.734 bits per heavy atom. The van der Waals surface area contributed by atoms with Crippen LogP contribution in [0, 0.1) is 20.8 Å². The van der Waals surface area contributed by atoms with E-state index >= 15 is 0 Å². The number of ether oxygens (including phenoxy) is 2. The summed E-state index contributed by atoms with van der Waals surface area (Å²) < 4.78 is 77.2. The molecule has 0 bridgehead atoms. The summed E-state index contributed by atoms with van der Waals surface area (Å²) in [4.78, 5) is 29.4. The van der Waals surface area contributed by atoms with Crippen LogP contribution < -0.4 is 15.2 Å². The van der Waals surface area contributed by atoms with E-state index in [1.54, 1.807) is 50.2 Å². The van der Waals surface area contributed by atoms with Crippen molar-refractivity contribution in [1.82, 2.24) is 9.38 Å². The van der Waals surface area contributed by atoms with Gasteiger partial charge in [0.2, 0.25) is 5.88 Å². The topological polar surface area (TPSA) is 319 Å². The third-order valence-electron chi connectivity index (χ3n) is 9.35. The monoisotopic (exact) mass is 933 g/mol. The zero-order valence-corrected chi connectivity index (χ0v) is 36.6. The van der Waals surface area contributed by atoms with Crippen molar-refractivity contribution in [3.63, 3.8) is 0 Å². The maximum atomic E-state index is 12.7. The van der Waals surface area contributed by atoms with Crippen LogP contribution in [0.3, 0.4) is 0 Å². The highest BCUT2D eigenvalue weighted by atomic mass is 32.2. The van der Waals surface area contributed by atoms with E-state index in [-0.39, 0.29) is 99.9 Å². The smallest absolute Gasteiger partial charge is 0.338 e. The van der Waals surface area contributed by atoms with Crippen molar-refractivity contribution in [2.24, 2.45) is 36.4 Å². The van der Waals surface area contributed by atoms with Crippen LogP contribution in [-0.2, 0) is 20.2 Å². The van der Waals surface area contributed by atoms with Gasteiger partial charge in [0, 0.05) is 17.0 Å². The van der Waals surface area contributed by atoms with Gasteiger partial charge in [0.05, 0.1) is 58.3 Å². The van der Waals surface area contributed by atoms with Crippen LogP contribution in [0.4, 0.5) is 34.1 Å². The van der Waals surface area contributed by atoms with Crippen molar-refractivity contribution in [3.8, 4) is 17.4 Å². The van der Waals surface area contributed by atoms with Gasteiger partial charge in [-0.25, -0.2) is 9.78 Å². The second-order valence-corrected chi connectivity index (χ2v) is 17.8. The number of amides is 1. The van der Waals surface area contributed by atoms with Gasteiger partial charge in [0.1, 0.15) is 34.2 Å². The molecule has 0 saturated carbocycles. The number of aromatic carboxylic acids is 1. The number of azo groups is 3. The number of aryl methyl sites for hydroxylation is 2. The van der Waals surface area contributed by atoms with E-state index in [0.717, 1.165) is 0 Å². The number of nitrogens with two attached hydrogens (primary N) is 1. The zero-order chi connectivity index (χ0) is 46.5. The number of fused-ring (bicyclic) bond motifs is 3. The van der Waals surface area contributed by atoms with E-state index in [2.05, 4.69) is 48.3 Å². The number of thiol groups is 1. The minimum Gasteiger partial charge on any atom is -0.493 e. The number of aromatic nitrogens is 2. The number of carboxylic acid groups (broad SMARTS) is 1. The summed E-state index contributed by atoms with van der Waals surface area (Å²) in [5.41, 5.74) is 8.49. The summed E-state index contributed by atoms with van der Waals surface area (Å²) in [6.45, 7) is 4.46. The van der Waals surface area contributed by atoms with Crippen molar-refractivity contribution in [1.29, 1.82) is 0 Å². The van der Waals surface area contributed by atoms with Gasteiger partial charge in [-0.2, -0.15) is 27.1 Å². The Bertz CT molecular complexity index is 3150. The van der Waals surface area contributed by atoms with Crippen molar-refractivity contribution in [3.05, 3.63) is 94.5 Å². The number of carbonyl (C=O) groups excluding carboxylic acids is 1. The Hall–Kier alpha value is -6.86. The van der Waals surface area contributed by atoms with Gasteiger partial charge in [-0.15, -0.1) is 33.1 Å². The number of carboxylic acids is 1. The molecular formula is C40H39N9O12S3. The lowest BCUT2D eigenvalue weighted by molar-refractivity contribution is 0.0697. The number of primary amides is 1. The molecule has 2 aromatic heterocycles. The van der Waals surface area contributed by atoms with E-state index in [4.69, 9.17) is 15.2 Å². The number of pyridine rings is 1. The predicted octanol–water partition coefficient (Wildman–Crippen LogP) is 8.76. The number of rotatable bonds is 18. The number of para-hydroxylation sites is 2. The summed E-state index contributed by atoms with van der Waals surface area (Å²) in [5, 5.41) is 46.9. The number of imidazole rings is 1. The number of hydrogen-bond acceptors (Lipinski definition) is 17. The first-order chi connectivity index (χ1) is 30.2. The van der Waals surface area contributed by atoms with Crippen molar-refractivity contribution < 1.29 is 55.2 Å². The molecule has 0 saturated heterocycles. The van der Waals surface area contributed by atoms with E-state index in [1.165, 1.54) is 41.7 Å². The fraction of sp³-hybridized carbons (Fsp3) is 0.225. The lowest BCUT2D eigenvalue weighted by Crippen LogP contribution is -2.15. The summed E-state index contributed by atoms with van der Waals surface area (Å²) in [6.07, 6.45) is -0.217. The van der Waals surface area contributed by atoms with E-state index < -0.39 is 43.6 Å². The minimum absolute atomic E-state index is 0.000513.